The van der Waals surface area contributed by atoms with Crippen molar-refractivity contribution in [3.05, 3.63) is 69.8 Å². The minimum atomic E-state index is -0.499. The van der Waals surface area contributed by atoms with Gasteiger partial charge in [-0.1, -0.05) is 42.0 Å². The maximum atomic E-state index is 11.0. The SMILES string of the molecule is Cc1ccc(-c2nc(N)c(C#N)c(-c3cccc([N+](=O)[O-])c3)n2)cc1. The van der Waals surface area contributed by atoms with Gasteiger partial charge in [0.05, 0.1) is 10.6 Å². The summed E-state index contributed by atoms with van der Waals surface area (Å²) >= 11 is 0. The first kappa shape index (κ1) is 16.1. The first-order valence-corrected chi connectivity index (χ1v) is 7.39. The van der Waals surface area contributed by atoms with Crippen LogP contribution in [-0.4, -0.2) is 14.9 Å². The molecule has 7 nitrogen and oxygen atoms in total. The van der Waals surface area contributed by atoms with Crippen molar-refractivity contribution in [1.29, 1.82) is 5.26 Å². The number of anilines is 1. The Morgan fingerprint density at radius 1 is 1.12 bits per heavy atom. The summed E-state index contributed by atoms with van der Waals surface area (Å²) in [7, 11) is 0. The Morgan fingerprint density at radius 2 is 1.84 bits per heavy atom. The quantitative estimate of drug-likeness (QED) is 0.579. The summed E-state index contributed by atoms with van der Waals surface area (Å²) in [5.74, 6) is 0.396. The fraction of sp³-hybridized carbons (Fsp3) is 0.0556. The van der Waals surface area contributed by atoms with E-state index in [0.717, 1.165) is 11.1 Å². The molecule has 0 radical (unpaired) electrons. The molecule has 0 aliphatic heterocycles. The molecule has 0 amide bonds. The van der Waals surface area contributed by atoms with Crippen LogP contribution in [0.5, 0.6) is 0 Å². The molecule has 7 heteroatoms. The average Bonchev–Trinajstić information content (AvgIpc) is 2.61. The Labute approximate surface area is 143 Å². The molecule has 0 bridgehead atoms. The number of hydrogen-bond donors (Lipinski definition) is 1. The van der Waals surface area contributed by atoms with E-state index < -0.39 is 4.92 Å². The molecule has 122 valence electrons. The molecular formula is C18H13N5O2. The first-order chi connectivity index (χ1) is 12.0. The van der Waals surface area contributed by atoms with Gasteiger partial charge in [-0.05, 0) is 6.92 Å². The van der Waals surface area contributed by atoms with Crippen molar-refractivity contribution in [3.63, 3.8) is 0 Å². The van der Waals surface area contributed by atoms with Crippen LogP contribution in [0.4, 0.5) is 11.5 Å². The summed E-state index contributed by atoms with van der Waals surface area (Å²) in [6.07, 6.45) is 0. The van der Waals surface area contributed by atoms with E-state index in [4.69, 9.17) is 5.73 Å². The number of nitriles is 1. The number of aryl methyl sites for hydroxylation is 1. The molecule has 0 spiro atoms. The van der Waals surface area contributed by atoms with Crippen LogP contribution < -0.4 is 5.73 Å². The Balaban J connectivity index is 2.21. The highest BCUT2D eigenvalue weighted by Gasteiger charge is 2.17. The molecule has 3 rings (SSSR count). The maximum Gasteiger partial charge on any atom is 0.270 e. The predicted octanol–water partition coefficient (Wildman–Crippen LogP) is 3.48. The Morgan fingerprint density at radius 3 is 2.48 bits per heavy atom. The number of nitro groups is 1. The van der Waals surface area contributed by atoms with Crippen LogP contribution in [0.2, 0.25) is 0 Å². The van der Waals surface area contributed by atoms with E-state index in [1.807, 2.05) is 37.3 Å². The van der Waals surface area contributed by atoms with E-state index in [2.05, 4.69) is 9.97 Å². The average molecular weight is 331 g/mol. The van der Waals surface area contributed by atoms with E-state index in [-0.39, 0.29) is 22.8 Å². The van der Waals surface area contributed by atoms with Crippen LogP contribution in [0.3, 0.4) is 0 Å². The summed E-state index contributed by atoms with van der Waals surface area (Å²) in [6, 6.07) is 15.4. The van der Waals surface area contributed by atoms with Gasteiger partial charge in [0, 0.05) is 23.3 Å². The smallest absolute Gasteiger partial charge is 0.270 e. The molecule has 0 aliphatic rings. The van der Waals surface area contributed by atoms with Crippen molar-refractivity contribution in [2.45, 2.75) is 6.92 Å². The van der Waals surface area contributed by atoms with Crippen LogP contribution >= 0.6 is 0 Å². The van der Waals surface area contributed by atoms with E-state index >= 15 is 0 Å². The van der Waals surface area contributed by atoms with Crippen molar-refractivity contribution in [2.75, 3.05) is 5.73 Å². The van der Waals surface area contributed by atoms with E-state index in [1.54, 1.807) is 12.1 Å². The molecule has 1 aromatic heterocycles. The molecule has 0 saturated carbocycles. The number of nitrogens with zero attached hydrogens (tertiary/aromatic N) is 4. The molecule has 0 saturated heterocycles. The number of nitro benzene ring substituents is 1. The Bertz CT molecular complexity index is 1010. The normalized spacial score (nSPS) is 10.2. The maximum absolute atomic E-state index is 11.0. The molecule has 2 N–H and O–H groups in total. The molecule has 25 heavy (non-hydrogen) atoms. The van der Waals surface area contributed by atoms with E-state index in [0.29, 0.717) is 11.4 Å². The fourth-order valence-electron chi connectivity index (χ4n) is 2.40. The number of non-ortho nitro benzene ring substituents is 1. The first-order valence-electron chi connectivity index (χ1n) is 7.39. The third kappa shape index (κ3) is 3.14. The lowest BCUT2D eigenvalue weighted by molar-refractivity contribution is -0.384. The summed E-state index contributed by atoms with van der Waals surface area (Å²) in [5, 5.41) is 20.4. The summed E-state index contributed by atoms with van der Waals surface area (Å²) < 4.78 is 0. The van der Waals surface area contributed by atoms with Gasteiger partial charge in [0.1, 0.15) is 17.5 Å². The standard InChI is InChI=1S/C18H13N5O2/c1-11-5-7-12(8-6-11)18-21-16(15(10-19)17(20)22-18)13-3-2-4-14(9-13)23(24)25/h2-9H,1H3,(H2,20,21,22). The molecular weight excluding hydrogens is 318 g/mol. The Kier molecular flexibility index (Phi) is 4.10. The lowest BCUT2D eigenvalue weighted by atomic mass is 10.1. The summed E-state index contributed by atoms with van der Waals surface area (Å²) in [6.45, 7) is 1.96. The van der Waals surface area contributed by atoms with Crippen molar-refractivity contribution in [1.82, 2.24) is 9.97 Å². The number of rotatable bonds is 3. The minimum Gasteiger partial charge on any atom is -0.382 e. The highest BCUT2D eigenvalue weighted by Crippen LogP contribution is 2.29. The third-order valence-corrected chi connectivity index (χ3v) is 3.69. The van der Waals surface area contributed by atoms with Crippen molar-refractivity contribution in [2.24, 2.45) is 0 Å². The third-order valence-electron chi connectivity index (χ3n) is 3.69. The zero-order valence-corrected chi connectivity index (χ0v) is 13.3. The van der Waals surface area contributed by atoms with Gasteiger partial charge in [0.15, 0.2) is 5.82 Å². The van der Waals surface area contributed by atoms with E-state index in [1.165, 1.54) is 12.1 Å². The molecule has 2 aromatic carbocycles. The minimum absolute atomic E-state index is 0.0366. The van der Waals surface area contributed by atoms with E-state index in [9.17, 15) is 15.4 Å². The van der Waals surface area contributed by atoms with Gasteiger partial charge < -0.3 is 5.73 Å². The molecule has 0 fully saturated rings. The highest BCUT2D eigenvalue weighted by atomic mass is 16.6. The lowest BCUT2D eigenvalue weighted by Gasteiger charge is -2.09. The summed E-state index contributed by atoms with van der Waals surface area (Å²) in [5.41, 5.74) is 8.48. The van der Waals surface area contributed by atoms with Crippen LogP contribution in [0, 0.1) is 28.4 Å². The topological polar surface area (TPSA) is 119 Å². The van der Waals surface area contributed by atoms with Gasteiger partial charge in [-0.15, -0.1) is 0 Å². The van der Waals surface area contributed by atoms with Gasteiger partial charge in [0.2, 0.25) is 0 Å². The largest absolute Gasteiger partial charge is 0.382 e. The summed E-state index contributed by atoms with van der Waals surface area (Å²) in [4.78, 5) is 19.1. The lowest BCUT2D eigenvalue weighted by Crippen LogP contribution is -2.03. The van der Waals surface area contributed by atoms with Crippen molar-refractivity contribution in [3.8, 4) is 28.7 Å². The predicted molar refractivity (Wildman–Crippen MR) is 93.4 cm³/mol. The van der Waals surface area contributed by atoms with Gasteiger partial charge in [-0.3, -0.25) is 10.1 Å². The van der Waals surface area contributed by atoms with Gasteiger partial charge in [-0.25, -0.2) is 9.97 Å². The molecule has 3 aromatic rings. The van der Waals surface area contributed by atoms with Gasteiger partial charge in [0.25, 0.3) is 5.69 Å². The zero-order valence-electron chi connectivity index (χ0n) is 13.3. The monoisotopic (exact) mass is 331 g/mol. The molecule has 0 atom stereocenters. The highest BCUT2D eigenvalue weighted by molar-refractivity contribution is 5.75. The van der Waals surface area contributed by atoms with Crippen molar-refractivity contribution < 1.29 is 4.92 Å². The van der Waals surface area contributed by atoms with Crippen LogP contribution in [-0.2, 0) is 0 Å². The Hall–Kier alpha value is -3.79. The second-order valence-corrected chi connectivity index (χ2v) is 5.44. The molecule has 1 heterocycles. The zero-order chi connectivity index (χ0) is 18.0. The van der Waals surface area contributed by atoms with Crippen LogP contribution in [0.25, 0.3) is 22.6 Å². The van der Waals surface area contributed by atoms with Gasteiger partial charge >= 0.3 is 0 Å². The van der Waals surface area contributed by atoms with Crippen molar-refractivity contribution >= 4 is 11.5 Å². The number of nitrogen functional groups attached to an aromatic ring is 1. The fourth-order valence-corrected chi connectivity index (χ4v) is 2.40. The van der Waals surface area contributed by atoms with Crippen LogP contribution in [0.15, 0.2) is 48.5 Å². The number of benzene rings is 2. The van der Waals surface area contributed by atoms with Gasteiger partial charge in [-0.2, -0.15) is 5.26 Å². The molecule has 0 unspecified atom stereocenters. The molecule has 0 aliphatic carbocycles. The number of nitrogens with two attached hydrogens (primary N) is 1. The second kappa shape index (κ2) is 6.37. The number of aromatic nitrogens is 2. The van der Waals surface area contributed by atoms with Crippen LogP contribution in [0.1, 0.15) is 11.1 Å². The number of hydrogen-bond acceptors (Lipinski definition) is 6. The second-order valence-electron chi connectivity index (χ2n) is 5.44.